The Labute approximate surface area is 166 Å². The van der Waals surface area contributed by atoms with E-state index in [-0.39, 0.29) is 18.0 Å². The van der Waals surface area contributed by atoms with Crippen molar-refractivity contribution in [2.75, 3.05) is 5.32 Å². The lowest BCUT2D eigenvalue weighted by Crippen LogP contribution is -2.18. The van der Waals surface area contributed by atoms with E-state index in [2.05, 4.69) is 9.97 Å². The van der Waals surface area contributed by atoms with Crippen LogP contribution < -0.4 is 5.32 Å². The summed E-state index contributed by atoms with van der Waals surface area (Å²) in [5.41, 5.74) is -0.378. The number of aromatic amines is 1. The molecule has 2 aromatic carbocycles. The Morgan fingerprint density at radius 2 is 1.53 bits per heavy atom. The van der Waals surface area contributed by atoms with Crippen LogP contribution in [-0.2, 0) is 11.2 Å². The number of anilines is 1. The number of carbonyl (C=O) groups excluding carboxylic acids is 2. The van der Waals surface area contributed by atoms with Crippen LogP contribution >= 0.6 is 0 Å². The number of carbonyl (C=O) groups is 2. The molecule has 1 heterocycles. The molecule has 0 bridgehead atoms. The number of hydrogen-bond acceptors (Lipinski definition) is 3. The molecule has 154 valence electrons. The molecule has 1 aromatic heterocycles. The van der Waals surface area contributed by atoms with Gasteiger partial charge in [0, 0.05) is 12.4 Å². The van der Waals surface area contributed by atoms with E-state index in [0.717, 1.165) is 0 Å². The zero-order valence-electron chi connectivity index (χ0n) is 15.0. The second-order valence-corrected chi connectivity index (χ2v) is 6.05. The zero-order valence-corrected chi connectivity index (χ0v) is 15.0. The molecule has 0 saturated heterocycles. The van der Waals surface area contributed by atoms with Gasteiger partial charge in [-0.25, -0.2) is 26.9 Å². The highest BCUT2D eigenvalue weighted by Crippen LogP contribution is 2.27. The Kier molecular flexibility index (Phi) is 6.05. The molecule has 0 saturated carbocycles. The minimum absolute atomic E-state index is 0.174. The smallest absolute Gasteiger partial charge is 0.228 e. The third-order valence-corrected chi connectivity index (χ3v) is 3.98. The largest absolute Gasteiger partial charge is 0.342 e. The molecule has 0 aliphatic carbocycles. The fourth-order valence-corrected chi connectivity index (χ4v) is 2.48. The minimum Gasteiger partial charge on any atom is -0.342 e. The first kappa shape index (κ1) is 20.9. The van der Waals surface area contributed by atoms with Gasteiger partial charge in [-0.15, -0.1) is 0 Å². The number of ketones is 1. The molecule has 30 heavy (non-hydrogen) atoms. The zero-order chi connectivity index (χ0) is 21.8. The topological polar surface area (TPSA) is 74.8 Å². The Hall–Kier alpha value is -3.82. The van der Waals surface area contributed by atoms with Crippen LogP contribution in [0.15, 0.2) is 42.7 Å². The van der Waals surface area contributed by atoms with E-state index < -0.39 is 40.7 Å². The maximum absolute atomic E-state index is 13.6. The number of hydrogen-bond donors (Lipinski definition) is 2. The summed E-state index contributed by atoms with van der Waals surface area (Å²) in [5, 5.41) is 1.70. The minimum atomic E-state index is -2.31. The lowest BCUT2D eigenvalue weighted by Gasteiger charge is -2.10. The highest BCUT2D eigenvalue weighted by molar-refractivity contribution is 6.04. The summed E-state index contributed by atoms with van der Waals surface area (Å²) in [5.74, 6) is -12.0. The number of rotatable bonds is 6. The number of nitrogens with zero attached hydrogens (tertiary/aromatic N) is 1. The number of halogens is 5. The number of H-pyrrole nitrogens is 1. The van der Waals surface area contributed by atoms with E-state index in [1.807, 2.05) is 0 Å². The maximum Gasteiger partial charge on any atom is 0.228 e. The van der Waals surface area contributed by atoms with Gasteiger partial charge in [0.05, 0.1) is 6.42 Å². The van der Waals surface area contributed by atoms with Gasteiger partial charge < -0.3 is 10.3 Å². The van der Waals surface area contributed by atoms with Crippen molar-refractivity contribution in [3.8, 4) is 0 Å². The molecular weight excluding hydrogens is 409 g/mol. The van der Waals surface area contributed by atoms with Crippen molar-refractivity contribution in [1.82, 2.24) is 9.97 Å². The molecule has 0 spiro atoms. The summed E-state index contributed by atoms with van der Waals surface area (Å²) in [4.78, 5) is 30.3. The molecule has 3 aromatic rings. The molecule has 0 unspecified atom stereocenters. The number of nitrogens with one attached hydrogen (secondary N) is 2. The van der Waals surface area contributed by atoms with Crippen molar-refractivity contribution in [1.29, 1.82) is 0 Å². The standard InChI is InChI=1S/C20H12F5N3O2/c21-14-15(22)17(24)19(18(25)16(14)23)28-13(30)9-11-3-1-10(2-4-11)5-6-12(29)20-26-7-8-27-20/h1-8H,9H2,(H,26,27)(H,28,30)/b6-5+. The molecule has 0 aliphatic rings. The van der Waals surface area contributed by atoms with Gasteiger partial charge in [-0.1, -0.05) is 30.3 Å². The summed E-state index contributed by atoms with van der Waals surface area (Å²) in [6.07, 6.45) is 5.38. The van der Waals surface area contributed by atoms with Crippen molar-refractivity contribution in [2.45, 2.75) is 6.42 Å². The van der Waals surface area contributed by atoms with E-state index in [1.54, 1.807) is 17.4 Å². The quantitative estimate of drug-likeness (QED) is 0.206. The van der Waals surface area contributed by atoms with Crippen molar-refractivity contribution in [3.05, 3.63) is 88.8 Å². The van der Waals surface area contributed by atoms with Crippen LogP contribution in [0, 0.1) is 29.1 Å². The first-order valence-electron chi connectivity index (χ1n) is 8.40. The summed E-state index contributed by atoms with van der Waals surface area (Å²) in [6.45, 7) is 0. The van der Waals surface area contributed by atoms with Crippen LogP contribution in [-0.4, -0.2) is 21.7 Å². The Balaban J connectivity index is 1.66. The van der Waals surface area contributed by atoms with Crippen LogP contribution in [0.1, 0.15) is 21.7 Å². The average Bonchev–Trinajstić information content (AvgIpc) is 3.28. The summed E-state index contributed by atoms with van der Waals surface area (Å²) >= 11 is 0. The molecule has 5 nitrogen and oxygen atoms in total. The van der Waals surface area contributed by atoms with Gasteiger partial charge in [0.15, 0.2) is 29.1 Å². The molecule has 0 atom stereocenters. The van der Waals surface area contributed by atoms with Crippen LogP contribution in [0.2, 0.25) is 0 Å². The lowest BCUT2D eigenvalue weighted by atomic mass is 10.1. The molecule has 1 amide bonds. The van der Waals surface area contributed by atoms with Gasteiger partial charge in [0.2, 0.25) is 17.5 Å². The molecule has 0 aliphatic heterocycles. The van der Waals surface area contributed by atoms with Gasteiger partial charge in [-0.3, -0.25) is 9.59 Å². The van der Waals surface area contributed by atoms with E-state index in [1.165, 1.54) is 36.7 Å². The molecule has 2 N–H and O–H groups in total. The number of benzene rings is 2. The number of allylic oxidation sites excluding steroid dienone is 1. The predicted molar refractivity (Wildman–Crippen MR) is 97.0 cm³/mol. The van der Waals surface area contributed by atoms with Gasteiger partial charge in [0.1, 0.15) is 5.69 Å². The van der Waals surface area contributed by atoms with E-state index in [4.69, 9.17) is 0 Å². The second kappa shape index (κ2) is 8.68. The number of amides is 1. The van der Waals surface area contributed by atoms with Crippen molar-refractivity contribution >= 4 is 23.5 Å². The fourth-order valence-electron chi connectivity index (χ4n) is 2.48. The molecular formula is C20H12F5N3O2. The highest BCUT2D eigenvalue weighted by atomic mass is 19.2. The lowest BCUT2D eigenvalue weighted by molar-refractivity contribution is -0.115. The van der Waals surface area contributed by atoms with Crippen LogP contribution in [0.3, 0.4) is 0 Å². The summed E-state index contributed by atoms with van der Waals surface area (Å²) < 4.78 is 66.7. The third kappa shape index (κ3) is 4.43. The first-order chi connectivity index (χ1) is 14.3. The van der Waals surface area contributed by atoms with Gasteiger partial charge in [-0.2, -0.15) is 0 Å². The molecule has 0 radical (unpaired) electrons. The monoisotopic (exact) mass is 421 g/mol. The average molecular weight is 421 g/mol. The highest BCUT2D eigenvalue weighted by Gasteiger charge is 2.26. The van der Waals surface area contributed by atoms with E-state index >= 15 is 0 Å². The molecule has 10 heteroatoms. The van der Waals surface area contributed by atoms with Crippen molar-refractivity contribution in [2.24, 2.45) is 0 Å². The normalized spacial score (nSPS) is 11.1. The number of imidazole rings is 1. The maximum atomic E-state index is 13.6. The Morgan fingerprint density at radius 1 is 0.933 bits per heavy atom. The first-order valence-corrected chi connectivity index (χ1v) is 8.40. The Morgan fingerprint density at radius 3 is 2.10 bits per heavy atom. The van der Waals surface area contributed by atoms with Crippen LogP contribution in [0.4, 0.5) is 27.6 Å². The third-order valence-electron chi connectivity index (χ3n) is 3.98. The van der Waals surface area contributed by atoms with Crippen LogP contribution in [0.25, 0.3) is 6.08 Å². The van der Waals surface area contributed by atoms with Gasteiger partial charge >= 0.3 is 0 Å². The van der Waals surface area contributed by atoms with Crippen LogP contribution in [0.5, 0.6) is 0 Å². The van der Waals surface area contributed by atoms with E-state index in [9.17, 15) is 31.5 Å². The van der Waals surface area contributed by atoms with Gasteiger partial charge in [0.25, 0.3) is 0 Å². The summed E-state index contributed by atoms with van der Waals surface area (Å²) in [6, 6.07) is 6.17. The predicted octanol–water partition coefficient (Wildman–Crippen LogP) is 4.18. The molecule has 3 rings (SSSR count). The number of aromatic nitrogens is 2. The fraction of sp³-hybridized carbons (Fsp3) is 0.0500. The van der Waals surface area contributed by atoms with Crippen molar-refractivity contribution in [3.63, 3.8) is 0 Å². The van der Waals surface area contributed by atoms with E-state index in [0.29, 0.717) is 11.1 Å². The summed E-state index contributed by atoms with van der Waals surface area (Å²) in [7, 11) is 0. The van der Waals surface area contributed by atoms with Crippen molar-refractivity contribution < 1.29 is 31.5 Å². The molecule has 0 fully saturated rings. The Bertz CT molecular complexity index is 1100. The van der Waals surface area contributed by atoms with Gasteiger partial charge in [-0.05, 0) is 17.2 Å². The SMILES string of the molecule is O=C(Cc1ccc(/C=C/C(=O)c2ncc[nH]2)cc1)Nc1c(F)c(F)c(F)c(F)c1F. The second-order valence-electron chi connectivity index (χ2n) is 6.05.